The fraction of sp³-hybridized carbons (Fsp3) is 0.350. The summed E-state index contributed by atoms with van der Waals surface area (Å²) in [7, 11) is 3.62. The van der Waals surface area contributed by atoms with Gasteiger partial charge in [-0.25, -0.2) is 0 Å². The first-order chi connectivity index (χ1) is 14.0. The summed E-state index contributed by atoms with van der Waals surface area (Å²) < 4.78 is 3.35. The summed E-state index contributed by atoms with van der Waals surface area (Å²) in [6.45, 7) is 2.32. The van der Waals surface area contributed by atoms with E-state index in [1.54, 1.807) is 22.5 Å². The van der Waals surface area contributed by atoms with E-state index < -0.39 is 0 Å². The summed E-state index contributed by atoms with van der Waals surface area (Å²) in [5, 5.41) is 6.36. The number of benzene rings is 1. The summed E-state index contributed by atoms with van der Waals surface area (Å²) in [5.41, 5.74) is 8.64. The number of aromatic amines is 1. The zero-order valence-corrected chi connectivity index (χ0v) is 17.1. The third kappa shape index (κ3) is 2.74. The summed E-state index contributed by atoms with van der Waals surface area (Å²) in [6.07, 6.45) is 4.70. The maximum Gasteiger partial charge on any atom is 0.264 e. The Morgan fingerprint density at radius 2 is 2.14 bits per heavy atom. The summed E-state index contributed by atoms with van der Waals surface area (Å²) in [5.74, 6) is 1.10. The molecule has 1 fully saturated rings. The van der Waals surface area contributed by atoms with Crippen LogP contribution >= 0.6 is 11.6 Å². The van der Waals surface area contributed by atoms with E-state index in [1.165, 1.54) is 0 Å². The molecule has 5 rings (SSSR count). The number of aryl methyl sites for hydroxylation is 1. The molecule has 1 aliphatic rings. The van der Waals surface area contributed by atoms with Crippen molar-refractivity contribution in [2.24, 2.45) is 25.7 Å². The fourth-order valence-electron chi connectivity index (χ4n) is 4.24. The highest BCUT2D eigenvalue weighted by Crippen LogP contribution is 2.36. The van der Waals surface area contributed by atoms with Gasteiger partial charge < -0.3 is 15.6 Å². The highest BCUT2D eigenvalue weighted by molar-refractivity contribution is 6.38. The minimum Gasteiger partial charge on any atom is -0.345 e. The van der Waals surface area contributed by atoms with Crippen LogP contribution in [0.25, 0.3) is 33.1 Å². The van der Waals surface area contributed by atoms with E-state index in [9.17, 15) is 4.79 Å². The monoisotopic (exact) mass is 411 g/mol. The average molecular weight is 412 g/mol. The molecule has 0 spiro atoms. The van der Waals surface area contributed by atoms with Crippen LogP contribution < -0.4 is 16.2 Å². The predicted octanol–water partition coefficient (Wildman–Crippen LogP) is 2.25. The number of aromatic nitrogens is 5. The molecule has 0 aliphatic carbocycles. The number of nitrogens with one attached hydrogen (secondary N) is 1. The van der Waals surface area contributed by atoms with Crippen LogP contribution in [0.4, 0.5) is 5.95 Å². The van der Waals surface area contributed by atoms with Gasteiger partial charge in [0.2, 0.25) is 5.95 Å². The molecule has 1 atom stereocenters. The summed E-state index contributed by atoms with van der Waals surface area (Å²) in [6, 6.07) is 3.82. The Hall–Kier alpha value is -2.84. The van der Waals surface area contributed by atoms with Gasteiger partial charge >= 0.3 is 0 Å². The second-order valence-corrected chi connectivity index (χ2v) is 8.08. The molecule has 3 aromatic heterocycles. The van der Waals surface area contributed by atoms with Crippen molar-refractivity contribution in [3.05, 3.63) is 39.9 Å². The Labute approximate surface area is 171 Å². The van der Waals surface area contributed by atoms with Crippen molar-refractivity contribution in [1.29, 1.82) is 0 Å². The van der Waals surface area contributed by atoms with Crippen LogP contribution in [0, 0.1) is 5.92 Å². The van der Waals surface area contributed by atoms with Crippen molar-refractivity contribution in [3.8, 4) is 11.1 Å². The number of hydrogen-bond acceptors (Lipinski definition) is 5. The van der Waals surface area contributed by atoms with Crippen molar-refractivity contribution in [2.45, 2.75) is 6.42 Å². The van der Waals surface area contributed by atoms with E-state index in [0.29, 0.717) is 34.5 Å². The van der Waals surface area contributed by atoms with Crippen molar-refractivity contribution >= 4 is 39.5 Å². The Bertz CT molecular complexity index is 1300. The largest absolute Gasteiger partial charge is 0.345 e. The Morgan fingerprint density at radius 3 is 2.90 bits per heavy atom. The van der Waals surface area contributed by atoms with Crippen molar-refractivity contribution in [2.75, 3.05) is 24.5 Å². The molecule has 3 N–H and O–H groups in total. The second-order valence-electron chi connectivity index (χ2n) is 7.70. The number of anilines is 1. The molecular formula is C20H22ClN7O. The van der Waals surface area contributed by atoms with Gasteiger partial charge in [-0.1, -0.05) is 17.7 Å². The van der Waals surface area contributed by atoms with Gasteiger partial charge in [0.05, 0.1) is 15.9 Å². The lowest BCUT2D eigenvalue weighted by Gasteiger charge is -2.20. The van der Waals surface area contributed by atoms with E-state index >= 15 is 0 Å². The molecule has 0 radical (unpaired) electrons. The van der Waals surface area contributed by atoms with Crippen molar-refractivity contribution in [1.82, 2.24) is 24.3 Å². The van der Waals surface area contributed by atoms with Crippen LogP contribution in [0.15, 0.2) is 29.3 Å². The minimum atomic E-state index is -0.0974. The molecule has 0 saturated carbocycles. The van der Waals surface area contributed by atoms with E-state index in [4.69, 9.17) is 22.3 Å². The highest BCUT2D eigenvalue weighted by atomic mass is 35.5. The lowest BCUT2D eigenvalue weighted by atomic mass is 10.0. The number of fused-ring (bicyclic) bond motifs is 2. The second kappa shape index (κ2) is 6.60. The standard InChI is InChI=1S/C20H22ClN7O/c1-26-10-14-15(25-26)4-3-12(17(14)21)13-8-23-18-16(13)19(29)27(2)20(24-18)28-6-5-11(7-22)9-28/h3-4,8,10-11,23H,5-7,9,22H2,1-2H3/t11-/m0/s1. The minimum absolute atomic E-state index is 0.0974. The van der Waals surface area contributed by atoms with Gasteiger partial charge in [-0.15, -0.1) is 0 Å². The number of nitrogens with zero attached hydrogens (tertiary/aromatic N) is 5. The van der Waals surface area contributed by atoms with Crippen molar-refractivity contribution < 1.29 is 0 Å². The number of hydrogen-bond donors (Lipinski definition) is 2. The maximum atomic E-state index is 13.3. The van der Waals surface area contributed by atoms with Crippen LogP contribution in [0.3, 0.4) is 0 Å². The molecule has 8 nitrogen and oxygen atoms in total. The van der Waals surface area contributed by atoms with Gasteiger partial charge in [0.15, 0.2) is 0 Å². The lowest BCUT2D eigenvalue weighted by molar-refractivity contribution is 0.600. The van der Waals surface area contributed by atoms with Gasteiger partial charge in [-0.05, 0) is 24.9 Å². The van der Waals surface area contributed by atoms with E-state index in [2.05, 4.69) is 15.0 Å². The molecular weight excluding hydrogens is 390 g/mol. The number of rotatable bonds is 3. The van der Waals surface area contributed by atoms with Gasteiger partial charge in [0, 0.05) is 56.1 Å². The Balaban J connectivity index is 1.67. The third-order valence-corrected chi connectivity index (χ3v) is 6.23. The van der Waals surface area contributed by atoms with Gasteiger partial charge in [-0.3, -0.25) is 14.0 Å². The van der Waals surface area contributed by atoms with Crippen LogP contribution in [-0.4, -0.2) is 43.9 Å². The molecule has 4 aromatic rings. The number of H-pyrrole nitrogens is 1. The first kappa shape index (κ1) is 18.2. The van der Waals surface area contributed by atoms with Gasteiger partial charge in [-0.2, -0.15) is 10.1 Å². The first-order valence-corrected chi connectivity index (χ1v) is 10.0. The topological polar surface area (TPSA) is 97.8 Å². The molecule has 29 heavy (non-hydrogen) atoms. The fourth-order valence-corrected chi connectivity index (χ4v) is 4.55. The molecule has 0 unspecified atom stereocenters. The number of nitrogens with two attached hydrogens (primary N) is 1. The number of halogens is 1. The molecule has 9 heteroatoms. The molecule has 0 amide bonds. The average Bonchev–Trinajstić information content (AvgIpc) is 3.42. The van der Waals surface area contributed by atoms with Gasteiger partial charge in [0.1, 0.15) is 5.65 Å². The molecule has 1 saturated heterocycles. The van der Waals surface area contributed by atoms with Crippen molar-refractivity contribution in [3.63, 3.8) is 0 Å². The van der Waals surface area contributed by atoms with Crippen LogP contribution in [-0.2, 0) is 14.1 Å². The summed E-state index contributed by atoms with van der Waals surface area (Å²) in [4.78, 5) is 23.3. The Kier molecular flexibility index (Phi) is 4.15. The third-order valence-electron chi connectivity index (χ3n) is 5.82. The molecule has 150 valence electrons. The summed E-state index contributed by atoms with van der Waals surface area (Å²) >= 11 is 6.69. The zero-order chi connectivity index (χ0) is 20.3. The van der Waals surface area contributed by atoms with E-state index in [0.717, 1.165) is 41.5 Å². The van der Waals surface area contributed by atoms with Gasteiger partial charge in [0.25, 0.3) is 5.56 Å². The molecule has 0 bridgehead atoms. The van der Waals surface area contributed by atoms with E-state index in [1.807, 2.05) is 25.4 Å². The predicted molar refractivity (Wildman–Crippen MR) is 115 cm³/mol. The van der Waals surface area contributed by atoms with Crippen LogP contribution in [0.5, 0.6) is 0 Å². The van der Waals surface area contributed by atoms with Crippen LogP contribution in [0.1, 0.15) is 6.42 Å². The first-order valence-electron chi connectivity index (χ1n) is 9.63. The SMILES string of the molecule is Cn1cc2c(Cl)c(-c3c[nH]c4nc(N5CC[C@@H](CN)C5)n(C)c(=O)c34)ccc2n1. The highest BCUT2D eigenvalue weighted by Gasteiger charge is 2.26. The molecule has 1 aromatic carbocycles. The molecule has 1 aliphatic heterocycles. The Morgan fingerprint density at radius 1 is 1.31 bits per heavy atom. The maximum absolute atomic E-state index is 13.3. The quantitative estimate of drug-likeness (QED) is 0.538. The van der Waals surface area contributed by atoms with Crippen LogP contribution in [0.2, 0.25) is 5.02 Å². The zero-order valence-electron chi connectivity index (χ0n) is 16.3. The smallest absolute Gasteiger partial charge is 0.264 e. The lowest BCUT2D eigenvalue weighted by Crippen LogP contribution is -2.31. The normalized spacial score (nSPS) is 17.1. The molecule has 4 heterocycles. The van der Waals surface area contributed by atoms with E-state index in [-0.39, 0.29) is 5.56 Å².